The summed E-state index contributed by atoms with van der Waals surface area (Å²) in [4.78, 5) is 0. The first-order chi connectivity index (χ1) is 11.5. The molecule has 2 nitrogen and oxygen atoms in total. The maximum atomic E-state index is 6.25. The van der Waals surface area contributed by atoms with Gasteiger partial charge in [-0.2, -0.15) is 0 Å². The first-order valence-corrected chi connectivity index (χ1v) is 8.84. The van der Waals surface area contributed by atoms with Crippen molar-refractivity contribution in [3.63, 3.8) is 0 Å². The van der Waals surface area contributed by atoms with Crippen molar-refractivity contribution in [3.05, 3.63) is 53.6 Å². The van der Waals surface area contributed by atoms with E-state index in [1.54, 1.807) is 0 Å². The van der Waals surface area contributed by atoms with Crippen LogP contribution in [0.5, 0.6) is 0 Å². The van der Waals surface area contributed by atoms with Crippen LogP contribution in [0.3, 0.4) is 0 Å². The second kappa shape index (κ2) is 6.35. The molecule has 0 unspecified atom stereocenters. The summed E-state index contributed by atoms with van der Waals surface area (Å²) in [6.45, 7) is 8.98. The molecule has 1 heterocycles. The topological polar surface area (TPSA) is 25.2 Å². The lowest BCUT2D eigenvalue weighted by Crippen LogP contribution is -2.15. The van der Waals surface area contributed by atoms with E-state index in [2.05, 4.69) is 63.4 Å². The Bertz CT molecular complexity index is 897. The average molecular weight is 321 g/mol. The van der Waals surface area contributed by atoms with E-state index in [1.807, 2.05) is 19.2 Å². The Balaban J connectivity index is 2.31. The predicted octanol–water partition coefficient (Wildman–Crippen LogP) is 6.28. The van der Waals surface area contributed by atoms with Crippen LogP contribution in [-0.4, -0.2) is 7.05 Å². The van der Waals surface area contributed by atoms with Crippen molar-refractivity contribution < 1.29 is 4.42 Å². The molecule has 0 fully saturated rings. The van der Waals surface area contributed by atoms with Crippen molar-refractivity contribution in [3.8, 4) is 0 Å². The summed E-state index contributed by atoms with van der Waals surface area (Å²) in [6.07, 6.45) is 4.61. The number of nitrogens with one attached hydrogen (secondary N) is 1. The van der Waals surface area contributed by atoms with Crippen molar-refractivity contribution in [2.45, 2.75) is 40.5 Å². The molecule has 1 N–H and O–H groups in total. The van der Waals surface area contributed by atoms with Gasteiger partial charge in [0.1, 0.15) is 11.2 Å². The van der Waals surface area contributed by atoms with Gasteiger partial charge in [0.05, 0.1) is 0 Å². The van der Waals surface area contributed by atoms with Gasteiger partial charge in [-0.05, 0) is 36.8 Å². The van der Waals surface area contributed by atoms with E-state index in [9.17, 15) is 0 Å². The number of rotatable bonds is 5. The molecule has 3 rings (SSSR count). The van der Waals surface area contributed by atoms with Gasteiger partial charge in [0.15, 0.2) is 0 Å². The summed E-state index contributed by atoms with van der Waals surface area (Å²) in [5, 5.41) is 5.78. The van der Waals surface area contributed by atoms with E-state index in [1.165, 1.54) is 21.9 Å². The minimum absolute atomic E-state index is 0.180. The largest absolute Gasteiger partial charge is 0.455 e. The Hall–Kier alpha value is -2.22. The fourth-order valence-corrected chi connectivity index (χ4v) is 3.29. The van der Waals surface area contributed by atoms with E-state index in [4.69, 9.17) is 4.42 Å². The number of fused-ring (bicyclic) bond motifs is 3. The van der Waals surface area contributed by atoms with Gasteiger partial charge in [-0.15, -0.1) is 0 Å². The molecule has 0 saturated carbocycles. The van der Waals surface area contributed by atoms with Gasteiger partial charge in [-0.3, -0.25) is 0 Å². The molecule has 24 heavy (non-hydrogen) atoms. The van der Waals surface area contributed by atoms with Gasteiger partial charge in [-0.1, -0.05) is 57.2 Å². The maximum Gasteiger partial charge on any atom is 0.144 e. The Morgan fingerprint density at radius 1 is 1.08 bits per heavy atom. The van der Waals surface area contributed by atoms with Crippen LogP contribution >= 0.6 is 0 Å². The fraction of sp³-hybridized carbons (Fsp3) is 0.364. The van der Waals surface area contributed by atoms with Crippen LogP contribution in [0.15, 0.2) is 46.9 Å². The Morgan fingerprint density at radius 3 is 2.46 bits per heavy atom. The zero-order chi connectivity index (χ0) is 17.3. The molecule has 0 bridgehead atoms. The summed E-state index contributed by atoms with van der Waals surface area (Å²) in [7, 11) is 2.00. The molecule has 0 aliphatic heterocycles. The second-order valence-corrected chi connectivity index (χ2v) is 6.90. The molecule has 126 valence electrons. The highest BCUT2D eigenvalue weighted by molar-refractivity contribution is 6.08. The third-order valence-corrected chi connectivity index (χ3v) is 5.40. The smallest absolute Gasteiger partial charge is 0.144 e. The second-order valence-electron chi connectivity index (χ2n) is 6.90. The van der Waals surface area contributed by atoms with E-state index < -0.39 is 0 Å². The molecule has 0 aliphatic carbocycles. The number of benzene rings is 2. The van der Waals surface area contributed by atoms with Crippen LogP contribution in [0.1, 0.15) is 44.7 Å². The molecule has 1 aromatic heterocycles. The van der Waals surface area contributed by atoms with Crippen molar-refractivity contribution in [1.29, 1.82) is 0 Å². The first-order valence-electron chi connectivity index (χ1n) is 8.84. The highest BCUT2D eigenvalue weighted by atomic mass is 16.3. The molecular weight excluding hydrogens is 294 g/mol. The van der Waals surface area contributed by atoms with Crippen LogP contribution in [0.4, 0.5) is 0 Å². The summed E-state index contributed by atoms with van der Waals surface area (Å²) in [6, 6.07) is 12.6. The molecule has 0 aliphatic rings. The molecule has 0 radical (unpaired) electrons. The van der Waals surface area contributed by atoms with Crippen molar-refractivity contribution >= 4 is 27.6 Å². The van der Waals surface area contributed by atoms with Gasteiger partial charge < -0.3 is 9.73 Å². The van der Waals surface area contributed by atoms with E-state index >= 15 is 0 Å². The molecule has 0 atom stereocenters. The normalized spacial score (nSPS) is 13.0. The standard InChI is InChI=1S/C22H27NO/c1-6-22(4,7-2)14-18(23-5)20-15(3)12-13-17-16-10-8-9-11-19(16)24-21(17)20/h8-14,23H,6-7H2,1-5H3/b18-14-. The third kappa shape index (κ3) is 2.71. The van der Waals surface area contributed by atoms with E-state index in [0.717, 1.165) is 29.7 Å². The SMILES string of the molecule is CCC(C)(/C=C(\NC)c1c(C)ccc2c1oc1ccccc12)CC. The van der Waals surface area contributed by atoms with Crippen LogP contribution in [0, 0.1) is 12.3 Å². The summed E-state index contributed by atoms with van der Waals surface area (Å²) < 4.78 is 6.25. The Labute approximate surface area is 144 Å². The van der Waals surface area contributed by atoms with Gasteiger partial charge in [-0.25, -0.2) is 0 Å². The predicted molar refractivity (Wildman–Crippen MR) is 104 cm³/mol. The molecule has 2 heteroatoms. The molecule has 0 saturated heterocycles. The van der Waals surface area contributed by atoms with Crippen molar-refractivity contribution in [2.24, 2.45) is 5.41 Å². The first kappa shape index (κ1) is 16.6. The molecule has 0 amide bonds. The minimum atomic E-state index is 0.180. The summed E-state index contributed by atoms with van der Waals surface area (Å²) >= 11 is 0. The molecule has 3 aromatic rings. The van der Waals surface area contributed by atoms with E-state index in [0.29, 0.717) is 0 Å². The quantitative estimate of drug-likeness (QED) is 0.598. The Morgan fingerprint density at radius 2 is 1.79 bits per heavy atom. The van der Waals surface area contributed by atoms with Gasteiger partial charge in [0.2, 0.25) is 0 Å². The monoisotopic (exact) mass is 321 g/mol. The van der Waals surface area contributed by atoms with Gasteiger partial charge >= 0.3 is 0 Å². The zero-order valence-corrected chi connectivity index (χ0v) is 15.4. The molecule has 2 aromatic carbocycles. The Kier molecular flexibility index (Phi) is 4.40. The lowest BCUT2D eigenvalue weighted by atomic mass is 9.82. The van der Waals surface area contributed by atoms with Gasteiger partial charge in [0.25, 0.3) is 0 Å². The minimum Gasteiger partial charge on any atom is -0.455 e. The van der Waals surface area contributed by atoms with E-state index in [-0.39, 0.29) is 5.41 Å². The van der Waals surface area contributed by atoms with Crippen LogP contribution in [0.25, 0.3) is 27.6 Å². The number of hydrogen-bond donors (Lipinski definition) is 1. The van der Waals surface area contributed by atoms with Crippen molar-refractivity contribution in [2.75, 3.05) is 7.05 Å². The van der Waals surface area contributed by atoms with Gasteiger partial charge in [0, 0.05) is 29.1 Å². The van der Waals surface area contributed by atoms with Crippen LogP contribution in [0.2, 0.25) is 0 Å². The number of aryl methyl sites for hydroxylation is 1. The highest BCUT2D eigenvalue weighted by Crippen LogP contribution is 2.37. The van der Waals surface area contributed by atoms with Crippen LogP contribution in [-0.2, 0) is 0 Å². The highest BCUT2D eigenvalue weighted by Gasteiger charge is 2.21. The third-order valence-electron chi connectivity index (χ3n) is 5.40. The number of allylic oxidation sites excluding steroid dienone is 1. The zero-order valence-electron chi connectivity index (χ0n) is 15.4. The van der Waals surface area contributed by atoms with Crippen LogP contribution < -0.4 is 5.32 Å². The summed E-state index contributed by atoms with van der Waals surface area (Å²) in [5.74, 6) is 0. The lowest BCUT2D eigenvalue weighted by molar-refractivity contribution is 0.396. The molecular formula is C22H27NO. The fourth-order valence-electron chi connectivity index (χ4n) is 3.29. The van der Waals surface area contributed by atoms with Crippen molar-refractivity contribution in [1.82, 2.24) is 5.32 Å². The number of furan rings is 1. The number of para-hydroxylation sites is 1. The average Bonchev–Trinajstić information content (AvgIpc) is 2.98. The number of hydrogen-bond acceptors (Lipinski definition) is 2. The summed E-state index contributed by atoms with van der Waals surface area (Å²) in [5.41, 5.74) is 5.67. The molecule has 0 spiro atoms. The lowest BCUT2D eigenvalue weighted by Gasteiger charge is -2.24. The maximum absolute atomic E-state index is 6.25.